The summed E-state index contributed by atoms with van der Waals surface area (Å²) < 4.78 is 16.3. The Morgan fingerprint density at radius 2 is 2.06 bits per heavy atom. The van der Waals surface area contributed by atoms with Crippen molar-refractivity contribution in [3.05, 3.63) is 0 Å². The molecule has 0 spiro atoms. The van der Waals surface area contributed by atoms with Crippen LogP contribution in [0.5, 0.6) is 0 Å². The molecule has 1 saturated heterocycles. The largest absolute Gasteiger partial charge is 0.380 e. The maximum Gasteiger partial charge on any atom is 0.157 e. The Kier molecular flexibility index (Phi) is 8.05. The first-order valence-electron chi connectivity index (χ1n) is 6.11. The quantitative estimate of drug-likeness (QED) is 0.597. The fourth-order valence-corrected chi connectivity index (χ4v) is 1.58. The molecule has 0 saturated carbocycles. The molecule has 92 valence electrons. The van der Waals surface area contributed by atoms with Crippen molar-refractivity contribution in [2.24, 2.45) is 0 Å². The van der Waals surface area contributed by atoms with Gasteiger partial charge in [0.2, 0.25) is 0 Å². The third kappa shape index (κ3) is 6.78. The van der Waals surface area contributed by atoms with E-state index in [-0.39, 0.29) is 6.29 Å². The second-order valence-corrected chi connectivity index (χ2v) is 3.89. The number of ether oxygens (including phenoxy) is 3. The first-order valence-corrected chi connectivity index (χ1v) is 6.11. The van der Waals surface area contributed by atoms with E-state index in [9.17, 15) is 0 Å². The Balaban J connectivity index is 1.79. The molecule has 1 fully saturated rings. The summed E-state index contributed by atoms with van der Waals surface area (Å²) in [4.78, 5) is 0. The predicted molar refractivity (Wildman–Crippen MR) is 59.8 cm³/mol. The average Bonchev–Trinajstić information content (AvgIpc) is 2.34. The molecule has 0 aromatic rings. The van der Waals surface area contributed by atoms with E-state index in [1.165, 1.54) is 6.42 Å². The smallest absolute Gasteiger partial charge is 0.157 e. The Hall–Kier alpha value is -0.630. The van der Waals surface area contributed by atoms with Gasteiger partial charge in [0, 0.05) is 19.8 Å². The number of nitrogens with zero attached hydrogens (tertiary/aromatic N) is 1. The van der Waals surface area contributed by atoms with E-state index in [4.69, 9.17) is 19.5 Å². The number of nitriles is 1. The van der Waals surface area contributed by atoms with Crippen LogP contribution in [0.4, 0.5) is 0 Å². The monoisotopic (exact) mass is 227 g/mol. The van der Waals surface area contributed by atoms with E-state index in [2.05, 4.69) is 0 Å². The Bertz CT molecular complexity index is 197. The van der Waals surface area contributed by atoms with Gasteiger partial charge >= 0.3 is 0 Å². The molecule has 4 nitrogen and oxygen atoms in total. The molecule has 1 aliphatic rings. The molecule has 0 bridgehead atoms. The van der Waals surface area contributed by atoms with E-state index < -0.39 is 0 Å². The molecule has 16 heavy (non-hydrogen) atoms. The minimum Gasteiger partial charge on any atom is -0.380 e. The highest BCUT2D eigenvalue weighted by Crippen LogP contribution is 2.13. The van der Waals surface area contributed by atoms with E-state index in [0.717, 1.165) is 45.5 Å². The fourth-order valence-electron chi connectivity index (χ4n) is 1.58. The summed E-state index contributed by atoms with van der Waals surface area (Å²) in [6.45, 7) is 2.84. The van der Waals surface area contributed by atoms with Crippen molar-refractivity contribution in [3.8, 4) is 6.07 Å². The molecule has 4 heteroatoms. The van der Waals surface area contributed by atoms with Crippen molar-refractivity contribution in [1.29, 1.82) is 5.26 Å². The number of hydrogen-bond donors (Lipinski definition) is 0. The lowest BCUT2D eigenvalue weighted by atomic mass is 10.2. The van der Waals surface area contributed by atoms with E-state index >= 15 is 0 Å². The van der Waals surface area contributed by atoms with Crippen molar-refractivity contribution < 1.29 is 14.2 Å². The summed E-state index contributed by atoms with van der Waals surface area (Å²) in [5.41, 5.74) is 0. The molecule has 1 atom stereocenters. The zero-order valence-corrected chi connectivity index (χ0v) is 9.82. The van der Waals surface area contributed by atoms with Gasteiger partial charge in [0.15, 0.2) is 6.29 Å². The Morgan fingerprint density at radius 3 is 2.81 bits per heavy atom. The molecule has 1 unspecified atom stereocenters. The maximum absolute atomic E-state index is 8.29. The maximum atomic E-state index is 8.29. The van der Waals surface area contributed by atoms with Gasteiger partial charge < -0.3 is 14.2 Å². The van der Waals surface area contributed by atoms with Crippen LogP contribution >= 0.6 is 0 Å². The van der Waals surface area contributed by atoms with Crippen LogP contribution in [-0.4, -0.2) is 32.7 Å². The zero-order valence-electron chi connectivity index (χ0n) is 9.82. The van der Waals surface area contributed by atoms with Crippen molar-refractivity contribution in [2.75, 3.05) is 26.4 Å². The molecule has 1 aliphatic heterocycles. The van der Waals surface area contributed by atoms with Crippen LogP contribution in [0.15, 0.2) is 0 Å². The number of unbranched alkanes of at least 4 members (excludes halogenated alkanes) is 1. The van der Waals surface area contributed by atoms with Gasteiger partial charge in [-0.15, -0.1) is 0 Å². The topological polar surface area (TPSA) is 51.5 Å². The van der Waals surface area contributed by atoms with Crippen LogP contribution in [0.2, 0.25) is 0 Å². The van der Waals surface area contributed by atoms with Crippen LogP contribution in [0, 0.1) is 11.3 Å². The fraction of sp³-hybridized carbons (Fsp3) is 0.917. The average molecular weight is 227 g/mol. The molecular weight excluding hydrogens is 206 g/mol. The third-order valence-electron chi connectivity index (χ3n) is 2.48. The van der Waals surface area contributed by atoms with Crippen molar-refractivity contribution in [2.45, 2.75) is 44.8 Å². The van der Waals surface area contributed by atoms with Gasteiger partial charge in [0.05, 0.1) is 19.1 Å². The molecule has 0 aliphatic carbocycles. The molecule has 0 amide bonds. The summed E-state index contributed by atoms with van der Waals surface area (Å²) in [5.74, 6) is 0. The van der Waals surface area contributed by atoms with E-state index in [1.807, 2.05) is 6.07 Å². The van der Waals surface area contributed by atoms with Crippen molar-refractivity contribution in [3.63, 3.8) is 0 Å². The minimum absolute atomic E-state index is 0.0215. The molecular formula is C12H21NO3. The lowest BCUT2D eigenvalue weighted by Crippen LogP contribution is -2.22. The number of hydrogen-bond acceptors (Lipinski definition) is 4. The highest BCUT2D eigenvalue weighted by molar-refractivity contribution is 4.66. The summed E-state index contributed by atoms with van der Waals surface area (Å²) in [5, 5.41) is 8.29. The summed E-state index contributed by atoms with van der Waals surface area (Å²) in [6.07, 6.45) is 5.87. The van der Waals surface area contributed by atoms with Gasteiger partial charge in [0.1, 0.15) is 0 Å². The minimum atomic E-state index is 0.0215. The highest BCUT2D eigenvalue weighted by Gasteiger charge is 2.13. The highest BCUT2D eigenvalue weighted by atomic mass is 16.7. The van der Waals surface area contributed by atoms with E-state index in [0.29, 0.717) is 13.0 Å². The van der Waals surface area contributed by atoms with Crippen LogP contribution in [-0.2, 0) is 14.2 Å². The van der Waals surface area contributed by atoms with Gasteiger partial charge in [-0.2, -0.15) is 5.26 Å². The van der Waals surface area contributed by atoms with Gasteiger partial charge in [-0.3, -0.25) is 0 Å². The van der Waals surface area contributed by atoms with Crippen LogP contribution in [0.3, 0.4) is 0 Å². The van der Waals surface area contributed by atoms with Crippen LogP contribution < -0.4 is 0 Å². The normalized spacial score (nSPS) is 20.6. The second kappa shape index (κ2) is 9.59. The predicted octanol–water partition coefficient (Wildman–Crippen LogP) is 2.24. The Labute approximate surface area is 97.5 Å². The van der Waals surface area contributed by atoms with Crippen molar-refractivity contribution in [1.82, 2.24) is 0 Å². The summed E-state index contributed by atoms with van der Waals surface area (Å²) in [7, 11) is 0. The third-order valence-corrected chi connectivity index (χ3v) is 2.48. The van der Waals surface area contributed by atoms with E-state index in [1.54, 1.807) is 0 Å². The summed E-state index contributed by atoms with van der Waals surface area (Å²) in [6, 6.07) is 2.05. The second-order valence-electron chi connectivity index (χ2n) is 3.89. The first kappa shape index (κ1) is 13.4. The van der Waals surface area contributed by atoms with Gasteiger partial charge in [-0.1, -0.05) is 0 Å². The zero-order chi connectivity index (χ0) is 11.5. The van der Waals surface area contributed by atoms with Gasteiger partial charge in [0.25, 0.3) is 0 Å². The SMILES string of the molecule is N#CCCOCCCCOC1CCCCO1. The van der Waals surface area contributed by atoms with Crippen LogP contribution in [0.25, 0.3) is 0 Å². The Morgan fingerprint density at radius 1 is 1.19 bits per heavy atom. The first-order chi connectivity index (χ1) is 7.93. The molecule has 0 N–H and O–H groups in total. The standard InChI is InChI=1S/C12H21NO3/c13-7-5-9-14-8-3-4-11-16-12-6-1-2-10-15-12/h12H,1-6,8-11H2. The molecule has 1 heterocycles. The van der Waals surface area contributed by atoms with Gasteiger partial charge in [-0.05, 0) is 32.1 Å². The lowest BCUT2D eigenvalue weighted by molar-refractivity contribution is -0.163. The van der Waals surface area contributed by atoms with Gasteiger partial charge in [-0.25, -0.2) is 0 Å². The number of rotatable bonds is 8. The van der Waals surface area contributed by atoms with Crippen LogP contribution in [0.1, 0.15) is 38.5 Å². The molecule has 0 radical (unpaired) electrons. The molecule has 0 aromatic carbocycles. The molecule has 0 aromatic heterocycles. The lowest BCUT2D eigenvalue weighted by Gasteiger charge is -2.22. The summed E-state index contributed by atoms with van der Waals surface area (Å²) >= 11 is 0. The van der Waals surface area contributed by atoms with Crippen molar-refractivity contribution >= 4 is 0 Å². The molecule has 1 rings (SSSR count).